The van der Waals surface area contributed by atoms with Gasteiger partial charge >= 0.3 is 0 Å². The number of rotatable bonds is 20. The number of unbranched alkanes of at least 4 members (excludes halogenated alkanes) is 2. The van der Waals surface area contributed by atoms with Crippen LogP contribution in [0.25, 0.3) is 0 Å². The molecule has 69 heavy (non-hydrogen) atoms. The molecule has 30 heteroatoms. The van der Waals surface area contributed by atoms with Crippen LogP contribution in [-0.2, 0) is 47.6 Å². The van der Waals surface area contributed by atoms with Crippen molar-refractivity contribution in [1.29, 1.82) is 0 Å². The molecule has 4 saturated heterocycles. The molecule has 4 aliphatic heterocycles. The minimum atomic E-state index is -1.66. The van der Waals surface area contributed by atoms with Gasteiger partial charge in [0.15, 0.2) is 35.3 Å². The highest BCUT2D eigenvalue weighted by molar-refractivity contribution is 7.80. The highest BCUT2D eigenvalue weighted by atomic mass is 32.1. The van der Waals surface area contributed by atoms with Gasteiger partial charge in [-0.3, -0.25) is 19.2 Å². The molecule has 0 aromatic heterocycles. The van der Waals surface area contributed by atoms with Crippen LogP contribution >= 0.6 is 24.4 Å². The van der Waals surface area contributed by atoms with E-state index in [4.69, 9.17) is 52.9 Å². The smallest absolute Gasteiger partial charge is 0.217 e. The van der Waals surface area contributed by atoms with Crippen molar-refractivity contribution in [2.75, 3.05) is 39.5 Å². The molecule has 28 nitrogen and oxygen atoms in total. The average Bonchev–Trinajstić information content (AvgIpc) is 3.28. The van der Waals surface area contributed by atoms with Crippen molar-refractivity contribution in [3.05, 3.63) is 0 Å². The van der Waals surface area contributed by atoms with Crippen LogP contribution in [0.15, 0.2) is 0 Å². The summed E-state index contributed by atoms with van der Waals surface area (Å²) in [4.78, 5) is 48.3. The molecule has 0 aromatic rings. The average molecular weight is 1030 g/mol. The largest absolute Gasteiger partial charge is 0.394 e. The van der Waals surface area contributed by atoms with Crippen LogP contribution in [0, 0.1) is 0 Å². The second-order valence-electron chi connectivity index (χ2n) is 16.9. The molecule has 20 atom stereocenters. The SMILES string of the molecule is CC(=O)N[C@@H]1[C@@H](O)[C@H](O[C@@H]2O[C@H](CO)[C@H](O)[C@H](O)[C@H]2NC(C)=O)[C@@H](CO)O[C@H]1NC(=S)NCCCCCNC(=S)N[C@@H]1O[C@H](CO)[C@@H](O[C@@H]2O[C@H](CO)[C@H](O)[C@H](O)[C@H]2NC(C)=O)[C@H](O)[C@H]1NC(C)=O. The Labute approximate surface area is 407 Å². The van der Waals surface area contributed by atoms with Crippen LogP contribution in [0.2, 0.25) is 0 Å². The molecule has 0 aromatic carbocycles. The summed E-state index contributed by atoms with van der Waals surface area (Å²) in [5.74, 6) is -2.38. The number of hydrogen-bond donors (Lipinski definition) is 18. The van der Waals surface area contributed by atoms with E-state index in [9.17, 15) is 70.2 Å². The van der Waals surface area contributed by atoms with Crippen molar-refractivity contribution in [2.45, 2.75) is 169 Å². The second kappa shape index (κ2) is 27.4. The van der Waals surface area contributed by atoms with Gasteiger partial charge in [0.25, 0.3) is 0 Å². The molecule has 4 amide bonds. The first-order valence-corrected chi connectivity index (χ1v) is 23.1. The topological polar surface area (TPSA) is 422 Å². The Hall–Kier alpha value is -3.38. The van der Waals surface area contributed by atoms with E-state index in [0.717, 1.165) is 13.8 Å². The quantitative estimate of drug-likeness (QED) is 0.0398. The molecule has 18 N–H and O–H groups in total. The zero-order chi connectivity index (χ0) is 51.3. The lowest BCUT2D eigenvalue weighted by Gasteiger charge is -2.48. The Morgan fingerprint density at radius 1 is 0.435 bits per heavy atom. The molecule has 0 saturated carbocycles. The number of nitrogens with one attached hydrogen (secondary N) is 8. The van der Waals surface area contributed by atoms with E-state index in [0.29, 0.717) is 32.4 Å². The summed E-state index contributed by atoms with van der Waals surface area (Å²) in [6, 6.07) is -5.22. The number of carbonyl (C=O) groups is 4. The van der Waals surface area contributed by atoms with Gasteiger partial charge in [0.05, 0.1) is 26.4 Å². The molecular weight excluding hydrogens is 965 g/mol. The van der Waals surface area contributed by atoms with Crippen LogP contribution < -0.4 is 42.5 Å². The number of aliphatic hydroxyl groups is 10. The van der Waals surface area contributed by atoms with Crippen molar-refractivity contribution in [2.24, 2.45) is 0 Å². The standard InChI is InChI=1S/C39H68N8O20S2/c1-14(52)42-22-30(60)32(66-36-24(44-16(3)54)28(58)26(56)18(10-48)64-36)20(12-50)62-34(22)46-38(68)40-8-6-5-7-9-41-39(69)47-35-23(43-15(2)53)31(61)33(21(13-51)63-35)67-37-25(45-17(4)55)29(59)27(57)19(11-49)65-37/h18-37,48-51,56-61H,5-13H2,1-4H3,(H,42,52)(H,43,53)(H,44,54)(H,45,55)(H2,40,46,68)(H2,41,47,69)/t18-,19-,20-,21-,22-,23-,24-,25-,26+,27+,28-,29-,30-,31-,32-,33-,34-,35-,36+,37+/m1/s1. The van der Waals surface area contributed by atoms with Crippen LogP contribution in [0.5, 0.6) is 0 Å². The minimum absolute atomic E-state index is 0.0631. The maximum absolute atomic E-state index is 12.2. The van der Waals surface area contributed by atoms with Crippen molar-refractivity contribution >= 4 is 58.3 Å². The first-order chi connectivity index (χ1) is 32.6. The lowest BCUT2D eigenvalue weighted by Crippen LogP contribution is -2.71. The molecule has 0 spiro atoms. The van der Waals surface area contributed by atoms with E-state index in [2.05, 4.69) is 42.5 Å². The molecule has 4 heterocycles. The van der Waals surface area contributed by atoms with Gasteiger partial charge in [0.2, 0.25) is 23.6 Å². The summed E-state index contributed by atoms with van der Waals surface area (Å²) in [5.41, 5.74) is 0. The lowest BCUT2D eigenvalue weighted by molar-refractivity contribution is -0.315. The second-order valence-corrected chi connectivity index (χ2v) is 17.7. The summed E-state index contributed by atoms with van der Waals surface area (Å²) in [6.07, 6.45) is -21.6. The number of aliphatic hydroxyl groups excluding tert-OH is 10. The maximum Gasteiger partial charge on any atom is 0.217 e. The molecular formula is C39H68N8O20S2. The Morgan fingerprint density at radius 3 is 1.06 bits per heavy atom. The van der Waals surface area contributed by atoms with E-state index in [1.54, 1.807) is 0 Å². The van der Waals surface area contributed by atoms with Gasteiger partial charge in [-0.1, -0.05) is 0 Å². The Morgan fingerprint density at radius 2 is 0.754 bits per heavy atom. The third-order valence-corrected chi connectivity index (χ3v) is 12.1. The van der Waals surface area contributed by atoms with E-state index in [-0.39, 0.29) is 10.2 Å². The van der Waals surface area contributed by atoms with Crippen LogP contribution in [0.4, 0.5) is 0 Å². The summed E-state index contributed by atoms with van der Waals surface area (Å²) in [5, 5.41) is 127. The van der Waals surface area contributed by atoms with Crippen molar-refractivity contribution in [1.82, 2.24) is 42.5 Å². The predicted molar refractivity (Wildman–Crippen MR) is 241 cm³/mol. The third kappa shape index (κ3) is 15.8. The molecule has 4 aliphatic rings. The summed E-state index contributed by atoms with van der Waals surface area (Å²) >= 11 is 10.9. The van der Waals surface area contributed by atoms with Gasteiger partial charge in [0, 0.05) is 40.8 Å². The fraction of sp³-hybridized carbons (Fsp3) is 0.846. The van der Waals surface area contributed by atoms with Crippen molar-refractivity contribution in [3.63, 3.8) is 0 Å². The number of thiocarbonyl (C=S) groups is 2. The predicted octanol–water partition coefficient (Wildman–Crippen LogP) is -9.09. The molecule has 0 bridgehead atoms. The van der Waals surface area contributed by atoms with Gasteiger partial charge in [-0.15, -0.1) is 0 Å². The van der Waals surface area contributed by atoms with Gasteiger partial charge < -0.3 is 122 Å². The van der Waals surface area contributed by atoms with Gasteiger partial charge in [-0.2, -0.15) is 0 Å². The maximum atomic E-state index is 12.2. The Kier molecular flexibility index (Phi) is 23.1. The van der Waals surface area contributed by atoms with Gasteiger partial charge in [0.1, 0.15) is 97.4 Å². The normalized spacial score (nSPS) is 37.9. The molecule has 396 valence electrons. The van der Waals surface area contributed by atoms with E-state index in [1.807, 2.05) is 0 Å². The number of hydrogen-bond acceptors (Lipinski definition) is 22. The zero-order valence-electron chi connectivity index (χ0n) is 38.3. The highest BCUT2D eigenvalue weighted by Crippen LogP contribution is 2.31. The molecule has 0 aliphatic carbocycles. The van der Waals surface area contributed by atoms with E-state index in [1.165, 1.54) is 13.8 Å². The summed E-state index contributed by atoms with van der Waals surface area (Å²) in [6.45, 7) is 2.48. The van der Waals surface area contributed by atoms with Gasteiger partial charge in [-0.05, 0) is 43.7 Å². The highest BCUT2D eigenvalue weighted by Gasteiger charge is 2.53. The number of carbonyl (C=O) groups excluding carboxylic acids is 4. The van der Waals surface area contributed by atoms with Crippen molar-refractivity contribution in [3.8, 4) is 0 Å². The number of amides is 4. The van der Waals surface area contributed by atoms with Gasteiger partial charge in [-0.25, -0.2) is 0 Å². The monoisotopic (exact) mass is 1030 g/mol. The van der Waals surface area contributed by atoms with Crippen LogP contribution in [-0.4, -0.2) is 247 Å². The summed E-state index contributed by atoms with van der Waals surface area (Å²) < 4.78 is 35.1. The molecule has 4 rings (SSSR count). The Bertz CT molecular complexity index is 1600. The third-order valence-electron chi connectivity index (χ3n) is 11.6. The van der Waals surface area contributed by atoms with Crippen molar-refractivity contribution < 1.29 is 98.7 Å². The van der Waals surface area contributed by atoms with Crippen LogP contribution in [0.3, 0.4) is 0 Å². The Balaban J connectivity index is 1.26. The lowest BCUT2D eigenvalue weighted by atomic mass is 9.94. The summed E-state index contributed by atoms with van der Waals surface area (Å²) in [7, 11) is 0. The fourth-order valence-electron chi connectivity index (χ4n) is 8.25. The molecule has 0 unspecified atom stereocenters. The van der Waals surface area contributed by atoms with E-state index >= 15 is 0 Å². The zero-order valence-corrected chi connectivity index (χ0v) is 39.9. The molecule has 0 radical (unpaired) electrons. The van der Waals surface area contributed by atoms with Crippen LogP contribution in [0.1, 0.15) is 47.0 Å². The first-order valence-electron chi connectivity index (χ1n) is 22.3. The first kappa shape index (κ1) is 58.2. The number of ether oxygens (including phenoxy) is 6. The van der Waals surface area contributed by atoms with E-state index < -0.39 is 173 Å². The molecule has 4 fully saturated rings. The minimum Gasteiger partial charge on any atom is -0.394 e. The fourth-order valence-corrected chi connectivity index (χ4v) is 8.69.